The smallest absolute Gasteiger partial charge is 0.255 e. The molecular formula is C12H13ClN2O. The normalized spacial score (nSPS) is 9.62. The molecule has 0 aliphatic carbocycles. The third-order valence-corrected chi connectivity index (χ3v) is 2.60. The van der Waals surface area contributed by atoms with Gasteiger partial charge in [-0.15, -0.1) is 0 Å². The van der Waals surface area contributed by atoms with Crippen molar-refractivity contribution in [3.63, 3.8) is 0 Å². The monoisotopic (exact) mass is 236 g/mol. The average molecular weight is 237 g/mol. The highest BCUT2D eigenvalue weighted by molar-refractivity contribution is 6.31. The molecule has 4 heteroatoms. The van der Waals surface area contributed by atoms with Gasteiger partial charge in [-0.2, -0.15) is 5.26 Å². The van der Waals surface area contributed by atoms with Crippen LogP contribution < -0.4 is 0 Å². The molecule has 0 aliphatic heterocycles. The van der Waals surface area contributed by atoms with Crippen molar-refractivity contribution in [3.8, 4) is 6.07 Å². The molecule has 1 aromatic carbocycles. The lowest BCUT2D eigenvalue weighted by Gasteiger charge is -2.18. The fraction of sp³-hybridized carbons (Fsp3) is 0.333. The summed E-state index contributed by atoms with van der Waals surface area (Å²) in [7, 11) is 0. The summed E-state index contributed by atoms with van der Waals surface area (Å²) in [4.78, 5) is 13.5. The first-order valence-electron chi connectivity index (χ1n) is 5.02. The van der Waals surface area contributed by atoms with E-state index in [4.69, 9.17) is 16.9 Å². The molecule has 0 N–H and O–H groups in total. The van der Waals surface area contributed by atoms with Crippen molar-refractivity contribution in [1.82, 2.24) is 4.90 Å². The van der Waals surface area contributed by atoms with E-state index in [-0.39, 0.29) is 12.5 Å². The Labute approximate surface area is 100 Å². The summed E-state index contributed by atoms with van der Waals surface area (Å²) in [5.41, 5.74) is 1.43. The first kappa shape index (κ1) is 12.5. The highest BCUT2D eigenvalue weighted by Gasteiger charge is 2.15. The van der Waals surface area contributed by atoms with Crippen molar-refractivity contribution in [3.05, 3.63) is 34.3 Å². The van der Waals surface area contributed by atoms with Gasteiger partial charge in [0.15, 0.2) is 0 Å². The molecule has 0 radical (unpaired) electrons. The quantitative estimate of drug-likeness (QED) is 0.758. The molecular weight excluding hydrogens is 224 g/mol. The highest BCUT2D eigenvalue weighted by atomic mass is 35.5. The molecule has 0 spiro atoms. The Morgan fingerprint density at radius 1 is 1.56 bits per heavy atom. The summed E-state index contributed by atoms with van der Waals surface area (Å²) in [6, 6.07) is 7.16. The fourth-order valence-electron chi connectivity index (χ4n) is 1.41. The van der Waals surface area contributed by atoms with E-state index < -0.39 is 0 Å². The molecule has 1 rings (SSSR count). The lowest BCUT2D eigenvalue weighted by atomic mass is 10.1. The summed E-state index contributed by atoms with van der Waals surface area (Å²) >= 11 is 5.85. The Morgan fingerprint density at radius 3 is 2.81 bits per heavy atom. The number of benzene rings is 1. The van der Waals surface area contributed by atoms with Crippen LogP contribution in [0.5, 0.6) is 0 Å². The van der Waals surface area contributed by atoms with Crippen molar-refractivity contribution < 1.29 is 4.79 Å². The SMILES string of the molecule is CCN(CC#N)C(=O)c1cc(Cl)ccc1C. The maximum atomic E-state index is 12.1. The Balaban J connectivity index is 3.03. The van der Waals surface area contributed by atoms with Crippen molar-refractivity contribution in [2.45, 2.75) is 13.8 Å². The first-order valence-corrected chi connectivity index (χ1v) is 5.40. The average Bonchev–Trinajstić information content (AvgIpc) is 2.28. The van der Waals surface area contributed by atoms with E-state index in [2.05, 4.69) is 0 Å². The largest absolute Gasteiger partial charge is 0.326 e. The molecule has 0 unspecified atom stereocenters. The topological polar surface area (TPSA) is 44.1 Å². The van der Waals surface area contributed by atoms with E-state index in [1.54, 1.807) is 18.2 Å². The minimum absolute atomic E-state index is 0.0985. The summed E-state index contributed by atoms with van der Waals surface area (Å²) in [5.74, 6) is -0.149. The van der Waals surface area contributed by atoms with Crippen molar-refractivity contribution >= 4 is 17.5 Å². The summed E-state index contributed by atoms with van der Waals surface area (Å²) < 4.78 is 0. The molecule has 0 heterocycles. The molecule has 0 saturated heterocycles. The second-order valence-corrected chi connectivity index (χ2v) is 3.87. The minimum atomic E-state index is -0.149. The van der Waals surface area contributed by atoms with E-state index in [9.17, 15) is 4.79 Å². The predicted octanol–water partition coefficient (Wildman–Crippen LogP) is 2.63. The van der Waals surface area contributed by atoms with Gasteiger partial charge >= 0.3 is 0 Å². The van der Waals surface area contributed by atoms with Crippen LogP contribution in [0.2, 0.25) is 5.02 Å². The van der Waals surface area contributed by atoms with E-state index in [0.717, 1.165) is 5.56 Å². The van der Waals surface area contributed by atoms with Gasteiger partial charge in [0, 0.05) is 17.1 Å². The van der Waals surface area contributed by atoms with Crippen LogP contribution >= 0.6 is 11.6 Å². The maximum Gasteiger partial charge on any atom is 0.255 e. The molecule has 0 atom stereocenters. The van der Waals surface area contributed by atoms with E-state index in [1.807, 2.05) is 19.9 Å². The van der Waals surface area contributed by atoms with Crippen LogP contribution in [-0.4, -0.2) is 23.9 Å². The molecule has 1 amide bonds. The molecule has 3 nitrogen and oxygen atoms in total. The lowest BCUT2D eigenvalue weighted by molar-refractivity contribution is 0.0783. The van der Waals surface area contributed by atoms with Gasteiger partial charge in [-0.3, -0.25) is 4.79 Å². The Hall–Kier alpha value is -1.53. The molecule has 84 valence electrons. The number of rotatable bonds is 3. The molecule has 16 heavy (non-hydrogen) atoms. The van der Waals surface area contributed by atoms with Crippen LogP contribution in [0.3, 0.4) is 0 Å². The molecule has 0 fully saturated rings. The van der Waals surface area contributed by atoms with E-state index >= 15 is 0 Å². The summed E-state index contributed by atoms with van der Waals surface area (Å²) in [6.45, 7) is 4.30. The summed E-state index contributed by atoms with van der Waals surface area (Å²) in [5, 5.41) is 9.15. The third-order valence-electron chi connectivity index (χ3n) is 2.36. The van der Waals surface area contributed by atoms with Crippen LogP contribution in [0.25, 0.3) is 0 Å². The molecule has 0 saturated carbocycles. The molecule has 0 aliphatic rings. The molecule has 1 aromatic rings. The maximum absolute atomic E-state index is 12.1. The van der Waals surface area contributed by atoms with Gasteiger partial charge in [0.25, 0.3) is 5.91 Å². The van der Waals surface area contributed by atoms with E-state index in [1.165, 1.54) is 4.90 Å². The number of hydrogen-bond acceptors (Lipinski definition) is 2. The van der Waals surface area contributed by atoms with Crippen molar-refractivity contribution in [2.75, 3.05) is 13.1 Å². The standard InChI is InChI=1S/C12H13ClN2O/c1-3-15(7-6-14)12(16)11-8-10(13)5-4-9(11)2/h4-5,8H,3,7H2,1-2H3. The second-order valence-electron chi connectivity index (χ2n) is 3.44. The van der Waals surface area contributed by atoms with Gasteiger partial charge in [0.2, 0.25) is 0 Å². The van der Waals surface area contributed by atoms with Gasteiger partial charge in [-0.25, -0.2) is 0 Å². The van der Waals surface area contributed by atoms with Crippen LogP contribution in [0.4, 0.5) is 0 Å². The Morgan fingerprint density at radius 2 is 2.25 bits per heavy atom. The van der Waals surface area contributed by atoms with Gasteiger partial charge in [-0.1, -0.05) is 17.7 Å². The zero-order chi connectivity index (χ0) is 12.1. The fourth-order valence-corrected chi connectivity index (χ4v) is 1.58. The highest BCUT2D eigenvalue weighted by Crippen LogP contribution is 2.17. The number of halogens is 1. The molecule has 0 aromatic heterocycles. The Bertz CT molecular complexity index is 437. The number of nitrogens with zero attached hydrogens (tertiary/aromatic N) is 2. The number of amides is 1. The predicted molar refractivity (Wildman–Crippen MR) is 63.4 cm³/mol. The third kappa shape index (κ3) is 2.74. The van der Waals surface area contributed by atoms with Crippen LogP contribution in [0, 0.1) is 18.3 Å². The Kier molecular flexibility index (Phi) is 4.33. The first-order chi connectivity index (χ1) is 7.60. The van der Waals surface area contributed by atoms with Crippen LogP contribution in [0.15, 0.2) is 18.2 Å². The van der Waals surface area contributed by atoms with Gasteiger partial charge in [0.1, 0.15) is 6.54 Å². The minimum Gasteiger partial charge on any atom is -0.326 e. The lowest BCUT2D eigenvalue weighted by Crippen LogP contribution is -2.31. The summed E-state index contributed by atoms with van der Waals surface area (Å²) in [6.07, 6.45) is 0. The van der Waals surface area contributed by atoms with Gasteiger partial charge < -0.3 is 4.90 Å². The van der Waals surface area contributed by atoms with Crippen LogP contribution in [0.1, 0.15) is 22.8 Å². The van der Waals surface area contributed by atoms with Crippen molar-refractivity contribution in [2.24, 2.45) is 0 Å². The number of aryl methyl sites for hydroxylation is 1. The van der Waals surface area contributed by atoms with Gasteiger partial charge in [0.05, 0.1) is 6.07 Å². The number of carbonyl (C=O) groups excluding carboxylic acids is 1. The zero-order valence-electron chi connectivity index (χ0n) is 9.33. The number of hydrogen-bond donors (Lipinski definition) is 0. The van der Waals surface area contributed by atoms with Gasteiger partial charge in [-0.05, 0) is 31.5 Å². The number of carbonyl (C=O) groups is 1. The molecule has 0 bridgehead atoms. The zero-order valence-corrected chi connectivity index (χ0v) is 10.1. The van der Waals surface area contributed by atoms with Crippen LogP contribution in [-0.2, 0) is 0 Å². The second kappa shape index (κ2) is 5.53. The van der Waals surface area contributed by atoms with Crippen molar-refractivity contribution in [1.29, 1.82) is 5.26 Å². The van der Waals surface area contributed by atoms with E-state index in [0.29, 0.717) is 17.1 Å². The number of nitriles is 1.